The van der Waals surface area contributed by atoms with Gasteiger partial charge in [0.05, 0.1) is 5.69 Å². The molecule has 0 atom stereocenters. The maximum Gasteiger partial charge on any atom is 0.269 e. The average Bonchev–Trinajstić information content (AvgIpc) is 2.68. The fraction of sp³-hybridized carbons (Fsp3) is 0.250. The minimum absolute atomic E-state index is 0.0948. The number of nitrogen functional groups attached to an aromatic ring is 1. The van der Waals surface area contributed by atoms with Crippen molar-refractivity contribution in [1.29, 1.82) is 0 Å². The van der Waals surface area contributed by atoms with Crippen molar-refractivity contribution in [3.63, 3.8) is 0 Å². The summed E-state index contributed by atoms with van der Waals surface area (Å²) in [6.45, 7) is 3.16. The summed E-state index contributed by atoms with van der Waals surface area (Å²) in [5.41, 5.74) is 6.99. The number of rotatable bonds is 3. The van der Waals surface area contributed by atoms with Gasteiger partial charge >= 0.3 is 0 Å². The first kappa shape index (κ1) is 13.4. The van der Waals surface area contributed by atoms with Gasteiger partial charge in [-0.1, -0.05) is 11.2 Å². The Hall–Kier alpha value is -2.02. The normalized spacial score (nSPS) is 11.5. The van der Waals surface area contributed by atoms with E-state index in [0.29, 0.717) is 17.1 Å². The van der Waals surface area contributed by atoms with Crippen LogP contribution in [0.4, 0.5) is 11.4 Å². The molecule has 2 rings (SSSR count). The largest absolute Gasteiger partial charge is 0.399 e. The monoisotopic (exact) mass is 281 g/mol. The van der Waals surface area contributed by atoms with Gasteiger partial charge in [-0.3, -0.25) is 4.31 Å². The molecule has 7 heteroatoms. The number of nitrogens with two attached hydrogens (primary N) is 1. The van der Waals surface area contributed by atoms with E-state index in [-0.39, 0.29) is 10.7 Å². The van der Waals surface area contributed by atoms with Crippen LogP contribution in [0.1, 0.15) is 11.5 Å². The molecule has 6 nitrogen and oxygen atoms in total. The predicted molar refractivity (Wildman–Crippen MR) is 72.4 cm³/mol. The van der Waals surface area contributed by atoms with E-state index in [1.54, 1.807) is 38.1 Å². The molecule has 2 aromatic rings. The van der Waals surface area contributed by atoms with Gasteiger partial charge in [0.1, 0.15) is 5.69 Å². The van der Waals surface area contributed by atoms with E-state index >= 15 is 0 Å². The van der Waals surface area contributed by atoms with E-state index in [0.717, 1.165) is 4.31 Å². The Labute approximate surface area is 111 Å². The standard InChI is InChI=1S/C12H15N3O3S/c1-8-12(9(2)18-14-8)19(16,17)15(3)11-6-4-5-10(13)7-11/h4-7H,13H2,1-3H3. The SMILES string of the molecule is Cc1noc(C)c1S(=O)(=O)N(C)c1cccc(N)c1. The summed E-state index contributed by atoms with van der Waals surface area (Å²) in [5, 5.41) is 3.67. The van der Waals surface area contributed by atoms with Crippen molar-refractivity contribution in [2.24, 2.45) is 0 Å². The zero-order valence-electron chi connectivity index (χ0n) is 10.9. The van der Waals surface area contributed by atoms with E-state index in [2.05, 4.69) is 5.16 Å². The van der Waals surface area contributed by atoms with Crippen LogP contribution in [0.2, 0.25) is 0 Å². The third-order valence-electron chi connectivity index (χ3n) is 2.82. The number of aryl methyl sites for hydroxylation is 2. The first-order chi connectivity index (χ1) is 8.84. The molecule has 0 aliphatic heterocycles. The Morgan fingerprint density at radius 3 is 2.53 bits per heavy atom. The number of sulfonamides is 1. The number of benzene rings is 1. The van der Waals surface area contributed by atoms with Crippen LogP contribution in [0.3, 0.4) is 0 Å². The van der Waals surface area contributed by atoms with Crippen LogP contribution in [0.25, 0.3) is 0 Å². The third kappa shape index (κ3) is 2.28. The van der Waals surface area contributed by atoms with Crippen molar-refractivity contribution in [2.75, 3.05) is 17.1 Å². The Morgan fingerprint density at radius 1 is 1.32 bits per heavy atom. The lowest BCUT2D eigenvalue weighted by atomic mass is 10.3. The number of hydrogen-bond donors (Lipinski definition) is 1. The van der Waals surface area contributed by atoms with Crippen LogP contribution in [-0.2, 0) is 10.0 Å². The molecule has 19 heavy (non-hydrogen) atoms. The van der Waals surface area contributed by atoms with Crippen molar-refractivity contribution in [1.82, 2.24) is 5.16 Å². The van der Waals surface area contributed by atoms with Crippen LogP contribution >= 0.6 is 0 Å². The number of hydrogen-bond acceptors (Lipinski definition) is 5. The van der Waals surface area contributed by atoms with Crippen molar-refractivity contribution >= 4 is 21.4 Å². The van der Waals surface area contributed by atoms with Crippen molar-refractivity contribution in [3.05, 3.63) is 35.7 Å². The Morgan fingerprint density at radius 2 is 2.00 bits per heavy atom. The van der Waals surface area contributed by atoms with Gasteiger partial charge in [0.2, 0.25) is 0 Å². The first-order valence-corrected chi connectivity index (χ1v) is 7.05. The maximum absolute atomic E-state index is 12.5. The quantitative estimate of drug-likeness (QED) is 0.865. The third-order valence-corrected chi connectivity index (χ3v) is 4.85. The summed E-state index contributed by atoms with van der Waals surface area (Å²) in [6, 6.07) is 6.66. The molecule has 0 spiro atoms. The summed E-state index contributed by atoms with van der Waals surface area (Å²) in [7, 11) is -2.24. The molecule has 0 aliphatic carbocycles. The Bertz CT molecular complexity index is 687. The number of nitrogens with zero attached hydrogens (tertiary/aromatic N) is 2. The molecule has 0 aliphatic rings. The predicted octanol–water partition coefficient (Wildman–Crippen LogP) is 1.70. The average molecular weight is 281 g/mol. The molecule has 0 radical (unpaired) electrons. The molecule has 1 heterocycles. The summed E-state index contributed by atoms with van der Waals surface area (Å²) < 4.78 is 31.1. The van der Waals surface area contributed by atoms with Crippen LogP contribution in [-0.4, -0.2) is 20.6 Å². The van der Waals surface area contributed by atoms with E-state index in [1.165, 1.54) is 7.05 Å². The topological polar surface area (TPSA) is 89.4 Å². The highest BCUT2D eigenvalue weighted by atomic mass is 32.2. The highest BCUT2D eigenvalue weighted by molar-refractivity contribution is 7.92. The maximum atomic E-state index is 12.5. The zero-order valence-corrected chi connectivity index (χ0v) is 11.7. The van der Waals surface area contributed by atoms with Gasteiger partial charge in [0, 0.05) is 12.7 Å². The summed E-state index contributed by atoms with van der Waals surface area (Å²) >= 11 is 0. The first-order valence-electron chi connectivity index (χ1n) is 5.61. The van der Waals surface area contributed by atoms with Gasteiger partial charge in [0.25, 0.3) is 10.0 Å². The molecule has 0 saturated carbocycles. The smallest absolute Gasteiger partial charge is 0.269 e. The van der Waals surface area contributed by atoms with Gasteiger partial charge in [0.15, 0.2) is 10.7 Å². The molecular formula is C12H15N3O3S. The van der Waals surface area contributed by atoms with Crippen molar-refractivity contribution in [2.45, 2.75) is 18.7 Å². The Balaban J connectivity index is 2.52. The van der Waals surface area contributed by atoms with Crippen LogP contribution in [0.5, 0.6) is 0 Å². The molecular weight excluding hydrogens is 266 g/mol. The minimum atomic E-state index is -3.71. The number of aromatic nitrogens is 1. The fourth-order valence-corrected chi connectivity index (χ4v) is 3.32. The van der Waals surface area contributed by atoms with Crippen LogP contribution in [0.15, 0.2) is 33.7 Å². The van der Waals surface area contributed by atoms with Crippen LogP contribution in [0, 0.1) is 13.8 Å². The van der Waals surface area contributed by atoms with Gasteiger partial charge < -0.3 is 10.3 Å². The lowest BCUT2D eigenvalue weighted by Gasteiger charge is -2.19. The van der Waals surface area contributed by atoms with E-state index in [1.807, 2.05) is 0 Å². The van der Waals surface area contributed by atoms with E-state index < -0.39 is 10.0 Å². The fourth-order valence-electron chi connectivity index (χ4n) is 1.84. The van der Waals surface area contributed by atoms with Crippen LogP contribution < -0.4 is 10.0 Å². The second-order valence-electron chi connectivity index (χ2n) is 4.22. The summed E-state index contributed by atoms with van der Waals surface area (Å²) in [4.78, 5) is 0.0948. The van der Waals surface area contributed by atoms with E-state index in [4.69, 9.17) is 10.3 Å². The van der Waals surface area contributed by atoms with Gasteiger partial charge in [-0.2, -0.15) is 0 Å². The second-order valence-corrected chi connectivity index (χ2v) is 6.13. The highest BCUT2D eigenvalue weighted by Crippen LogP contribution is 2.27. The molecule has 0 saturated heterocycles. The minimum Gasteiger partial charge on any atom is -0.399 e. The lowest BCUT2D eigenvalue weighted by molar-refractivity contribution is 0.390. The summed E-state index contributed by atoms with van der Waals surface area (Å²) in [6.07, 6.45) is 0. The molecule has 102 valence electrons. The highest BCUT2D eigenvalue weighted by Gasteiger charge is 2.28. The van der Waals surface area contributed by atoms with Crippen molar-refractivity contribution in [3.8, 4) is 0 Å². The lowest BCUT2D eigenvalue weighted by Crippen LogP contribution is -2.27. The summed E-state index contributed by atoms with van der Waals surface area (Å²) in [5.74, 6) is 0.272. The second kappa shape index (κ2) is 4.58. The van der Waals surface area contributed by atoms with Gasteiger partial charge in [-0.25, -0.2) is 8.42 Å². The molecule has 0 fully saturated rings. The molecule has 0 bridgehead atoms. The zero-order chi connectivity index (χ0) is 14.2. The molecule has 1 aromatic heterocycles. The van der Waals surface area contributed by atoms with Gasteiger partial charge in [-0.05, 0) is 32.0 Å². The van der Waals surface area contributed by atoms with E-state index in [9.17, 15) is 8.42 Å². The molecule has 0 amide bonds. The number of anilines is 2. The molecule has 0 unspecified atom stereocenters. The Kier molecular flexibility index (Phi) is 3.23. The van der Waals surface area contributed by atoms with Gasteiger partial charge in [-0.15, -0.1) is 0 Å². The molecule has 2 N–H and O–H groups in total. The van der Waals surface area contributed by atoms with Crippen molar-refractivity contribution < 1.29 is 12.9 Å². The molecule has 1 aromatic carbocycles.